The van der Waals surface area contributed by atoms with Crippen molar-refractivity contribution in [3.63, 3.8) is 0 Å². The van der Waals surface area contributed by atoms with E-state index in [9.17, 15) is 0 Å². The highest BCUT2D eigenvalue weighted by atomic mass is 35.5. The molecule has 0 amide bonds. The Balaban J connectivity index is 1.62. The molecule has 0 saturated carbocycles. The van der Waals surface area contributed by atoms with E-state index in [2.05, 4.69) is 21.7 Å². The molecule has 4 heteroatoms. The van der Waals surface area contributed by atoms with Crippen molar-refractivity contribution < 1.29 is 0 Å². The van der Waals surface area contributed by atoms with Crippen molar-refractivity contribution in [3.8, 4) is 0 Å². The van der Waals surface area contributed by atoms with Crippen molar-refractivity contribution in [2.45, 2.75) is 25.8 Å². The maximum atomic E-state index is 6.18. The van der Waals surface area contributed by atoms with Crippen LogP contribution in [0.25, 0.3) is 0 Å². The molecule has 0 bridgehead atoms. The minimum atomic E-state index is 0.605. The van der Waals surface area contributed by atoms with Crippen LogP contribution in [0, 0.1) is 5.41 Å². The van der Waals surface area contributed by atoms with E-state index in [-0.39, 0.29) is 0 Å². The maximum Gasteiger partial charge on any atom is 0.0973 e. The molecule has 1 aromatic rings. The average molecular weight is 271 g/mol. The van der Waals surface area contributed by atoms with Gasteiger partial charge in [-0.1, -0.05) is 11.6 Å². The highest BCUT2D eigenvalue weighted by Crippen LogP contribution is 2.39. The monoisotopic (exact) mass is 270 g/mol. The molecule has 0 atom stereocenters. The van der Waals surface area contributed by atoms with Gasteiger partial charge in [-0.2, -0.15) is 0 Å². The van der Waals surface area contributed by atoms with Gasteiger partial charge in [-0.3, -0.25) is 4.90 Å². The SMILES string of the molecule is Clc1sccc1CN1CCC2(CCNCC2)C1. The molecule has 0 unspecified atom stereocenters. The van der Waals surface area contributed by atoms with Crippen LogP contribution in [0.5, 0.6) is 0 Å². The highest BCUT2D eigenvalue weighted by Gasteiger charge is 2.38. The van der Waals surface area contributed by atoms with Crippen LogP contribution < -0.4 is 5.32 Å². The third-order valence-corrected chi connectivity index (χ3v) is 5.52. The van der Waals surface area contributed by atoms with Crippen LogP contribution in [0.3, 0.4) is 0 Å². The number of nitrogens with zero attached hydrogens (tertiary/aromatic N) is 1. The van der Waals surface area contributed by atoms with Gasteiger partial charge in [-0.05, 0) is 61.3 Å². The van der Waals surface area contributed by atoms with Crippen molar-refractivity contribution in [2.24, 2.45) is 5.41 Å². The molecule has 1 aromatic heterocycles. The molecule has 94 valence electrons. The normalized spacial score (nSPS) is 24.5. The lowest BCUT2D eigenvalue weighted by Gasteiger charge is -2.33. The third kappa shape index (κ3) is 2.53. The van der Waals surface area contributed by atoms with E-state index in [4.69, 9.17) is 11.6 Å². The van der Waals surface area contributed by atoms with Gasteiger partial charge >= 0.3 is 0 Å². The van der Waals surface area contributed by atoms with Crippen molar-refractivity contribution in [2.75, 3.05) is 26.2 Å². The molecule has 2 saturated heterocycles. The lowest BCUT2D eigenvalue weighted by atomic mass is 9.78. The van der Waals surface area contributed by atoms with Crippen molar-refractivity contribution in [1.29, 1.82) is 0 Å². The van der Waals surface area contributed by atoms with Gasteiger partial charge in [-0.25, -0.2) is 0 Å². The molecule has 3 heterocycles. The predicted molar refractivity (Wildman–Crippen MR) is 73.8 cm³/mol. The summed E-state index contributed by atoms with van der Waals surface area (Å²) in [5, 5.41) is 5.56. The summed E-state index contributed by atoms with van der Waals surface area (Å²) in [6, 6.07) is 2.17. The van der Waals surface area contributed by atoms with E-state index in [1.807, 2.05) is 0 Å². The first-order chi connectivity index (χ1) is 8.27. The molecule has 17 heavy (non-hydrogen) atoms. The lowest BCUT2D eigenvalue weighted by molar-refractivity contribution is 0.194. The van der Waals surface area contributed by atoms with E-state index >= 15 is 0 Å². The molecule has 0 aliphatic carbocycles. The first-order valence-corrected chi connectivity index (χ1v) is 7.68. The first kappa shape index (κ1) is 12.0. The van der Waals surface area contributed by atoms with E-state index in [0.717, 1.165) is 10.9 Å². The van der Waals surface area contributed by atoms with E-state index in [0.29, 0.717) is 5.41 Å². The molecule has 2 fully saturated rings. The summed E-state index contributed by atoms with van der Waals surface area (Å²) in [5.41, 5.74) is 1.91. The van der Waals surface area contributed by atoms with Crippen LogP contribution in [-0.4, -0.2) is 31.1 Å². The molecule has 1 spiro atoms. The summed E-state index contributed by atoms with van der Waals surface area (Å²) >= 11 is 7.82. The Hall–Kier alpha value is -0.0900. The Labute approximate surface area is 112 Å². The number of thiophene rings is 1. The number of hydrogen-bond acceptors (Lipinski definition) is 3. The molecule has 0 radical (unpaired) electrons. The van der Waals surface area contributed by atoms with E-state index in [1.165, 1.54) is 51.0 Å². The van der Waals surface area contributed by atoms with E-state index < -0.39 is 0 Å². The Bertz CT molecular complexity index is 385. The average Bonchev–Trinajstić information content (AvgIpc) is 2.90. The van der Waals surface area contributed by atoms with Crippen molar-refractivity contribution in [3.05, 3.63) is 21.3 Å². The van der Waals surface area contributed by atoms with Gasteiger partial charge in [0.15, 0.2) is 0 Å². The third-order valence-electron chi connectivity index (χ3n) is 4.27. The Morgan fingerprint density at radius 3 is 2.88 bits per heavy atom. The number of rotatable bonds is 2. The minimum absolute atomic E-state index is 0.605. The van der Waals surface area contributed by atoms with Gasteiger partial charge in [0.2, 0.25) is 0 Å². The Kier molecular flexibility index (Phi) is 3.44. The summed E-state index contributed by atoms with van der Waals surface area (Å²) in [5.74, 6) is 0. The van der Waals surface area contributed by atoms with Crippen LogP contribution in [0.2, 0.25) is 4.34 Å². The summed E-state index contributed by atoms with van der Waals surface area (Å²) in [6.07, 6.45) is 4.07. The first-order valence-electron chi connectivity index (χ1n) is 6.42. The topological polar surface area (TPSA) is 15.3 Å². The van der Waals surface area contributed by atoms with Gasteiger partial charge < -0.3 is 5.32 Å². The Morgan fingerprint density at radius 1 is 1.35 bits per heavy atom. The van der Waals surface area contributed by atoms with Crippen LogP contribution in [0.1, 0.15) is 24.8 Å². The fourth-order valence-corrected chi connectivity index (χ4v) is 4.11. The second-order valence-electron chi connectivity index (χ2n) is 5.43. The molecule has 3 rings (SSSR count). The van der Waals surface area contributed by atoms with Crippen molar-refractivity contribution >= 4 is 22.9 Å². The quantitative estimate of drug-likeness (QED) is 0.889. The summed E-state index contributed by atoms with van der Waals surface area (Å²) in [6.45, 7) is 5.95. The molecule has 2 nitrogen and oxygen atoms in total. The molecule has 0 aromatic carbocycles. The lowest BCUT2D eigenvalue weighted by Crippen LogP contribution is -2.38. The zero-order valence-electron chi connectivity index (χ0n) is 10.0. The zero-order valence-corrected chi connectivity index (χ0v) is 11.6. The molecule has 2 aliphatic heterocycles. The fourth-order valence-electron chi connectivity index (χ4n) is 3.20. The second kappa shape index (κ2) is 4.88. The minimum Gasteiger partial charge on any atom is -0.317 e. The number of likely N-dealkylation sites (tertiary alicyclic amines) is 1. The smallest absolute Gasteiger partial charge is 0.0973 e. The predicted octanol–water partition coefficient (Wildman–Crippen LogP) is 2.98. The van der Waals surface area contributed by atoms with Crippen LogP contribution >= 0.6 is 22.9 Å². The van der Waals surface area contributed by atoms with Gasteiger partial charge in [0.05, 0.1) is 4.34 Å². The maximum absolute atomic E-state index is 6.18. The van der Waals surface area contributed by atoms with Crippen molar-refractivity contribution in [1.82, 2.24) is 10.2 Å². The molecular formula is C13H19ClN2S. The number of hydrogen-bond donors (Lipinski definition) is 1. The molecule has 1 N–H and O–H groups in total. The van der Waals surface area contributed by atoms with Gasteiger partial charge in [0, 0.05) is 13.1 Å². The molecular weight excluding hydrogens is 252 g/mol. The number of halogens is 1. The second-order valence-corrected chi connectivity index (χ2v) is 6.95. The number of piperidine rings is 1. The summed E-state index contributed by atoms with van der Waals surface area (Å²) < 4.78 is 0.969. The highest BCUT2D eigenvalue weighted by molar-refractivity contribution is 7.14. The number of nitrogens with one attached hydrogen (secondary N) is 1. The summed E-state index contributed by atoms with van der Waals surface area (Å²) in [7, 11) is 0. The van der Waals surface area contributed by atoms with Crippen LogP contribution in [0.15, 0.2) is 11.4 Å². The van der Waals surface area contributed by atoms with Gasteiger partial charge in [0.1, 0.15) is 0 Å². The van der Waals surface area contributed by atoms with E-state index in [1.54, 1.807) is 11.3 Å². The van der Waals surface area contributed by atoms with Gasteiger partial charge in [0.25, 0.3) is 0 Å². The standard InChI is InChI=1S/C13H19ClN2S/c14-12-11(1-8-17-12)9-16-7-4-13(10-16)2-5-15-6-3-13/h1,8,15H,2-7,9-10H2. The van der Waals surface area contributed by atoms with Gasteiger partial charge in [-0.15, -0.1) is 11.3 Å². The Morgan fingerprint density at radius 2 is 2.18 bits per heavy atom. The van der Waals surface area contributed by atoms with Crippen LogP contribution in [0.4, 0.5) is 0 Å². The van der Waals surface area contributed by atoms with Crippen LogP contribution in [-0.2, 0) is 6.54 Å². The fraction of sp³-hybridized carbons (Fsp3) is 0.692. The molecule has 2 aliphatic rings. The zero-order chi connectivity index (χ0) is 11.7. The summed E-state index contributed by atoms with van der Waals surface area (Å²) in [4.78, 5) is 2.58. The largest absolute Gasteiger partial charge is 0.317 e.